The number of nitrogens with one attached hydrogen (secondary N) is 2. The Hall–Kier alpha value is -2.62. The van der Waals surface area contributed by atoms with Crippen molar-refractivity contribution in [3.8, 4) is 0 Å². The number of aryl methyl sites for hydroxylation is 1. The van der Waals surface area contributed by atoms with Gasteiger partial charge in [0.05, 0.1) is 22.3 Å². The second-order valence-electron chi connectivity index (χ2n) is 6.53. The van der Waals surface area contributed by atoms with E-state index in [-0.39, 0.29) is 16.3 Å². The summed E-state index contributed by atoms with van der Waals surface area (Å²) in [6.07, 6.45) is 1.04. The number of carbonyl (C=O) groups is 2. The molecule has 1 aromatic heterocycles. The average Bonchev–Trinajstić information content (AvgIpc) is 3.00. The van der Waals surface area contributed by atoms with E-state index in [0.29, 0.717) is 6.92 Å². The molecule has 0 aliphatic carbocycles. The lowest BCUT2D eigenvalue weighted by Crippen LogP contribution is -2.49. The molecule has 11 heteroatoms. The first-order valence-corrected chi connectivity index (χ1v) is 8.61. The maximum Gasteiger partial charge on any atom is 0.364 e. The zero-order valence-electron chi connectivity index (χ0n) is 15.5. The fourth-order valence-electron chi connectivity index (χ4n) is 2.31. The van der Waals surface area contributed by atoms with E-state index in [1.54, 1.807) is 5.32 Å². The highest BCUT2D eigenvalue weighted by atomic mass is 35.5. The highest BCUT2D eigenvalue weighted by Gasteiger charge is 2.46. The molecule has 5 nitrogen and oxygen atoms in total. The summed E-state index contributed by atoms with van der Waals surface area (Å²) in [7, 11) is 1.17. The zero-order chi connectivity index (χ0) is 22.1. The number of amides is 2. The Balaban J connectivity index is 2.22. The predicted octanol–water partition coefficient (Wildman–Crippen LogP) is 4.32. The third kappa shape index (κ3) is 5.06. The molecular weight excluding hydrogens is 421 g/mol. The van der Waals surface area contributed by atoms with Crippen LogP contribution in [0, 0.1) is 5.82 Å². The van der Waals surface area contributed by atoms with Gasteiger partial charge in [-0.15, -0.1) is 0 Å². The fourth-order valence-corrected chi connectivity index (χ4v) is 2.49. The molecule has 0 aliphatic heterocycles. The molecule has 2 N–H and O–H groups in total. The lowest BCUT2D eigenvalue weighted by Gasteiger charge is -2.24. The van der Waals surface area contributed by atoms with Gasteiger partial charge in [0, 0.05) is 25.9 Å². The number of halogens is 6. The van der Waals surface area contributed by atoms with Crippen molar-refractivity contribution in [2.45, 2.75) is 31.7 Å². The minimum absolute atomic E-state index is 0.121. The summed E-state index contributed by atoms with van der Waals surface area (Å²) in [5, 5.41) is 3.68. The smallest absolute Gasteiger partial charge is 0.348 e. The van der Waals surface area contributed by atoms with Crippen LogP contribution in [0.3, 0.4) is 0 Å². The summed E-state index contributed by atoms with van der Waals surface area (Å²) in [4.78, 5) is 24.1. The third-order valence-corrected chi connectivity index (χ3v) is 4.45. The first kappa shape index (κ1) is 22.7. The lowest BCUT2D eigenvalue weighted by atomic mass is 10.1. The minimum atomic E-state index is -4.17. The summed E-state index contributed by atoms with van der Waals surface area (Å²) in [5.41, 5.74) is -0.983. The van der Waals surface area contributed by atoms with E-state index >= 15 is 0 Å². The van der Waals surface area contributed by atoms with Gasteiger partial charge < -0.3 is 15.2 Å². The number of hydrogen-bond acceptors (Lipinski definition) is 2. The molecule has 0 unspecified atom stereocenters. The molecule has 0 fully saturated rings. The van der Waals surface area contributed by atoms with Gasteiger partial charge in [0.1, 0.15) is 5.82 Å². The maximum atomic E-state index is 14.5. The fraction of sp³-hybridized carbons (Fsp3) is 0.333. The van der Waals surface area contributed by atoms with Crippen LogP contribution >= 0.6 is 11.6 Å². The van der Waals surface area contributed by atoms with E-state index in [0.717, 1.165) is 35.9 Å². The summed E-state index contributed by atoms with van der Waals surface area (Å²) in [5.74, 6) is -11.0. The van der Waals surface area contributed by atoms with Crippen molar-refractivity contribution in [2.75, 3.05) is 5.32 Å². The van der Waals surface area contributed by atoms with Gasteiger partial charge in [0.25, 0.3) is 17.7 Å². The van der Waals surface area contributed by atoms with E-state index in [9.17, 15) is 31.5 Å². The third-order valence-electron chi connectivity index (χ3n) is 4.16. The van der Waals surface area contributed by atoms with Crippen LogP contribution in [0.15, 0.2) is 30.5 Å². The molecule has 158 valence electrons. The van der Waals surface area contributed by atoms with Crippen molar-refractivity contribution in [3.05, 3.63) is 52.6 Å². The standard InChI is InChI=1S/C18H17ClF5N3O2/c1-9(17(2,21)22)25-16(29)18(23,24)14-6-10(8-27(14)3)15(28)26-11-4-5-13(20)12(19)7-11/h4-9H,1-3H3,(H,25,29)(H,26,28)/t9-/m0/s1. The number of alkyl halides is 4. The Labute approximate surface area is 167 Å². The quantitative estimate of drug-likeness (QED) is 0.661. The first-order valence-electron chi connectivity index (χ1n) is 8.23. The number of anilines is 1. The molecule has 0 radical (unpaired) electrons. The molecule has 0 aliphatic rings. The number of aromatic nitrogens is 1. The van der Waals surface area contributed by atoms with Crippen LogP contribution in [0.4, 0.5) is 27.6 Å². The number of carbonyl (C=O) groups excluding carboxylic acids is 2. The molecule has 0 bridgehead atoms. The summed E-state index contributed by atoms with van der Waals surface area (Å²) in [6.45, 7) is 1.38. The van der Waals surface area contributed by atoms with Crippen LogP contribution in [0.25, 0.3) is 0 Å². The lowest BCUT2D eigenvalue weighted by molar-refractivity contribution is -0.151. The second kappa shape index (κ2) is 8.02. The van der Waals surface area contributed by atoms with Gasteiger partial charge in [-0.3, -0.25) is 9.59 Å². The Kier molecular flexibility index (Phi) is 6.27. The van der Waals surface area contributed by atoms with Crippen LogP contribution in [0.2, 0.25) is 5.02 Å². The Morgan fingerprint density at radius 2 is 1.79 bits per heavy atom. The van der Waals surface area contributed by atoms with E-state index in [4.69, 9.17) is 11.6 Å². The van der Waals surface area contributed by atoms with E-state index in [2.05, 4.69) is 5.32 Å². The molecule has 2 rings (SSSR count). The van der Waals surface area contributed by atoms with Crippen molar-refractivity contribution in [1.29, 1.82) is 0 Å². The molecule has 29 heavy (non-hydrogen) atoms. The maximum absolute atomic E-state index is 14.5. The summed E-state index contributed by atoms with van der Waals surface area (Å²) in [6, 6.07) is 2.29. The van der Waals surface area contributed by atoms with Crippen molar-refractivity contribution in [3.63, 3.8) is 0 Å². The number of hydrogen-bond donors (Lipinski definition) is 2. The normalized spacial score (nSPS) is 13.1. The van der Waals surface area contributed by atoms with Crippen LogP contribution in [-0.2, 0) is 17.8 Å². The largest absolute Gasteiger partial charge is 0.364 e. The topological polar surface area (TPSA) is 63.1 Å². The monoisotopic (exact) mass is 437 g/mol. The van der Waals surface area contributed by atoms with Gasteiger partial charge in [-0.05, 0) is 31.2 Å². The van der Waals surface area contributed by atoms with Gasteiger partial charge in [0.2, 0.25) is 0 Å². The van der Waals surface area contributed by atoms with Gasteiger partial charge in [0.15, 0.2) is 0 Å². The van der Waals surface area contributed by atoms with Crippen LogP contribution in [0.5, 0.6) is 0 Å². The highest BCUT2D eigenvalue weighted by Crippen LogP contribution is 2.31. The molecule has 0 saturated carbocycles. The van der Waals surface area contributed by atoms with Crippen LogP contribution < -0.4 is 10.6 Å². The van der Waals surface area contributed by atoms with Gasteiger partial charge in [-0.2, -0.15) is 8.78 Å². The molecule has 1 aromatic carbocycles. The van der Waals surface area contributed by atoms with Crippen molar-refractivity contribution in [2.24, 2.45) is 7.05 Å². The Bertz CT molecular complexity index is 940. The first-order chi connectivity index (χ1) is 13.2. The van der Waals surface area contributed by atoms with Gasteiger partial charge in [-0.1, -0.05) is 11.6 Å². The van der Waals surface area contributed by atoms with Crippen molar-refractivity contribution in [1.82, 2.24) is 9.88 Å². The molecule has 1 heterocycles. The summed E-state index contributed by atoms with van der Waals surface area (Å²) < 4.78 is 69.3. The van der Waals surface area contributed by atoms with Gasteiger partial charge >= 0.3 is 5.92 Å². The van der Waals surface area contributed by atoms with Crippen LogP contribution in [0.1, 0.15) is 29.9 Å². The zero-order valence-corrected chi connectivity index (χ0v) is 16.3. The number of benzene rings is 1. The molecule has 0 spiro atoms. The van der Waals surface area contributed by atoms with Crippen molar-refractivity contribution < 1.29 is 31.5 Å². The second-order valence-corrected chi connectivity index (χ2v) is 6.94. The highest BCUT2D eigenvalue weighted by molar-refractivity contribution is 6.31. The average molecular weight is 438 g/mol. The van der Waals surface area contributed by atoms with E-state index in [1.165, 1.54) is 13.1 Å². The minimum Gasteiger partial charge on any atom is -0.348 e. The molecular formula is C18H17ClF5N3O2. The predicted molar refractivity (Wildman–Crippen MR) is 96.9 cm³/mol. The molecule has 0 saturated heterocycles. The molecule has 2 amide bonds. The SMILES string of the molecule is C[C@H](NC(=O)C(F)(F)c1cc(C(=O)Nc2ccc(F)c(Cl)c2)cn1C)C(C)(F)F. The molecule has 1 atom stereocenters. The van der Waals surface area contributed by atoms with Crippen molar-refractivity contribution >= 4 is 29.1 Å². The number of nitrogens with zero attached hydrogens (tertiary/aromatic N) is 1. The summed E-state index contributed by atoms with van der Waals surface area (Å²) >= 11 is 5.61. The van der Waals surface area contributed by atoms with E-state index < -0.39 is 41.2 Å². The molecule has 2 aromatic rings. The Morgan fingerprint density at radius 1 is 1.17 bits per heavy atom. The number of rotatable bonds is 6. The Morgan fingerprint density at radius 3 is 2.34 bits per heavy atom. The van der Waals surface area contributed by atoms with Gasteiger partial charge in [-0.25, -0.2) is 13.2 Å². The van der Waals surface area contributed by atoms with E-state index in [1.807, 2.05) is 0 Å². The van der Waals surface area contributed by atoms with Crippen LogP contribution in [-0.4, -0.2) is 28.3 Å².